The van der Waals surface area contributed by atoms with Crippen LogP contribution in [-0.2, 0) is 16.1 Å². The van der Waals surface area contributed by atoms with Crippen LogP contribution in [-0.4, -0.2) is 23.6 Å². The van der Waals surface area contributed by atoms with E-state index in [1.54, 1.807) is 0 Å². The second-order valence-electron chi connectivity index (χ2n) is 10.1. The molecule has 2 unspecified atom stereocenters. The van der Waals surface area contributed by atoms with Gasteiger partial charge in [0, 0.05) is 6.54 Å². The Hall–Kier alpha value is -2.82. The molecule has 3 rings (SSSR count). The van der Waals surface area contributed by atoms with Crippen LogP contribution in [0.15, 0.2) is 60.7 Å². The number of amides is 2. The molecule has 0 radical (unpaired) electrons. The molecule has 2 amide bonds. The van der Waals surface area contributed by atoms with E-state index in [-0.39, 0.29) is 5.91 Å². The number of hydrogen-bond acceptors (Lipinski definition) is 3. The predicted molar refractivity (Wildman–Crippen MR) is 132 cm³/mol. The van der Waals surface area contributed by atoms with Gasteiger partial charge in [0.2, 0.25) is 5.91 Å². The van der Waals surface area contributed by atoms with E-state index >= 15 is 0 Å². The maximum Gasteiger partial charge on any atom is 0.408 e. The van der Waals surface area contributed by atoms with Crippen LogP contribution in [0.4, 0.5) is 4.79 Å². The van der Waals surface area contributed by atoms with Gasteiger partial charge in [-0.3, -0.25) is 4.79 Å². The Morgan fingerprint density at radius 3 is 2.30 bits per heavy atom. The van der Waals surface area contributed by atoms with E-state index in [9.17, 15) is 9.59 Å². The third kappa shape index (κ3) is 8.91. The lowest BCUT2D eigenvalue weighted by Crippen LogP contribution is -2.48. The Morgan fingerprint density at radius 1 is 0.970 bits per heavy atom. The molecule has 5 heteroatoms. The number of unbranched alkanes of at least 4 members (excludes halogenated alkanes) is 2. The molecule has 0 bridgehead atoms. The van der Waals surface area contributed by atoms with Gasteiger partial charge in [0.25, 0.3) is 0 Å². The van der Waals surface area contributed by atoms with Crippen LogP contribution < -0.4 is 10.6 Å². The summed E-state index contributed by atoms with van der Waals surface area (Å²) >= 11 is 0. The first-order valence-electron chi connectivity index (χ1n) is 12.2. The Balaban J connectivity index is 1.42. The smallest absolute Gasteiger partial charge is 0.408 e. The fourth-order valence-electron chi connectivity index (χ4n) is 4.23. The molecule has 0 heterocycles. The average molecular weight is 451 g/mol. The fourth-order valence-corrected chi connectivity index (χ4v) is 4.23. The molecular weight excluding hydrogens is 412 g/mol. The SMILES string of the molecule is CC(C)(C)OC(=O)N[C@@H](CCCCCC1CC1c1ccccc1)C(=O)NCc1ccccc1. The molecule has 1 saturated carbocycles. The van der Waals surface area contributed by atoms with E-state index in [1.165, 1.54) is 18.4 Å². The number of benzene rings is 2. The van der Waals surface area contributed by atoms with Gasteiger partial charge in [-0.25, -0.2) is 4.79 Å². The number of ether oxygens (including phenoxy) is 1. The summed E-state index contributed by atoms with van der Waals surface area (Å²) in [6.07, 6.45) is 5.66. The molecule has 178 valence electrons. The van der Waals surface area contributed by atoms with Crippen molar-refractivity contribution in [2.75, 3.05) is 0 Å². The van der Waals surface area contributed by atoms with Crippen LogP contribution in [0.1, 0.15) is 76.3 Å². The Morgan fingerprint density at radius 2 is 1.64 bits per heavy atom. The number of nitrogens with one attached hydrogen (secondary N) is 2. The van der Waals surface area contributed by atoms with Crippen LogP contribution in [0.2, 0.25) is 0 Å². The molecule has 2 N–H and O–H groups in total. The van der Waals surface area contributed by atoms with Gasteiger partial charge in [-0.05, 0) is 63.0 Å². The van der Waals surface area contributed by atoms with Crippen LogP contribution >= 0.6 is 0 Å². The highest BCUT2D eigenvalue weighted by Crippen LogP contribution is 2.50. The summed E-state index contributed by atoms with van der Waals surface area (Å²) in [4.78, 5) is 25.1. The van der Waals surface area contributed by atoms with E-state index < -0.39 is 17.7 Å². The van der Waals surface area contributed by atoms with Gasteiger partial charge in [0.05, 0.1) is 0 Å². The van der Waals surface area contributed by atoms with Crippen molar-refractivity contribution in [3.63, 3.8) is 0 Å². The minimum Gasteiger partial charge on any atom is -0.444 e. The van der Waals surface area contributed by atoms with Gasteiger partial charge >= 0.3 is 6.09 Å². The molecule has 1 aliphatic rings. The summed E-state index contributed by atoms with van der Waals surface area (Å²) in [5, 5.41) is 5.73. The Labute approximate surface area is 198 Å². The largest absolute Gasteiger partial charge is 0.444 e. The van der Waals surface area contributed by atoms with Crippen molar-refractivity contribution in [2.45, 2.75) is 83.4 Å². The van der Waals surface area contributed by atoms with Gasteiger partial charge in [-0.2, -0.15) is 0 Å². The minimum absolute atomic E-state index is 0.170. The molecule has 2 aromatic rings. The van der Waals surface area contributed by atoms with Crippen LogP contribution in [0.3, 0.4) is 0 Å². The summed E-state index contributed by atoms with van der Waals surface area (Å²) < 4.78 is 5.37. The Bertz CT molecular complexity index is 877. The minimum atomic E-state index is -0.602. The summed E-state index contributed by atoms with van der Waals surface area (Å²) in [6, 6.07) is 19.9. The molecule has 1 fully saturated rings. The van der Waals surface area contributed by atoms with E-state index in [4.69, 9.17) is 4.74 Å². The third-order valence-corrected chi connectivity index (χ3v) is 6.04. The van der Waals surface area contributed by atoms with Gasteiger partial charge in [-0.1, -0.05) is 79.9 Å². The molecule has 3 atom stereocenters. The summed E-state index contributed by atoms with van der Waals surface area (Å²) in [6.45, 7) is 5.89. The van der Waals surface area contributed by atoms with Gasteiger partial charge in [0.15, 0.2) is 0 Å². The summed E-state index contributed by atoms with van der Waals surface area (Å²) in [5.41, 5.74) is 1.88. The number of carbonyl (C=O) groups excluding carboxylic acids is 2. The highest BCUT2D eigenvalue weighted by atomic mass is 16.6. The average Bonchev–Trinajstić information content (AvgIpc) is 3.56. The highest BCUT2D eigenvalue weighted by Gasteiger charge is 2.37. The predicted octanol–water partition coefficient (Wildman–Crippen LogP) is 5.95. The van der Waals surface area contributed by atoms with E-state index in [1.807, 2.05) is 51.1 Å². The normalized spacial score (nSPS) is 18.3. The number of rotatable bonds is 11. The topological polar surface area (TPSA) is 67.4 Å². The zero-order valence-electron chi connectivity index (χ0n) is 20.2. The van der Waals surface area contributed by atoms with Crippen molar-refractivity contribution in [1.82, 2.24) is 10.6 Å². The molecule has 0 aliphatic heterocycles. The van der Waals surface area contributed by atoms with Crippen molar-refractivity contribution in [1.29, 1.82) is 0 Å². The highest BCUT2D eigenvalue weighted by molar-refractivity contribution is 5.85. The molecule has 2 aromatic carbocycles. The molecule has 1 aliphatic carbocycles. The number of hydrogen-bond donors (Lipinski definition) is 2. The zero-order valence-corrected chi connectivity index (χ0v) is 20.2. The molecule has 33 heavy (non-hydrogen) atoms. The number of alkyl carbamates (subject to hydrolysis) is 1. The lowest BCUT2D eigenvalue weighted by atomic mass is 10.0. The monoisotopic (exact) mass is 450 g/mol. The second-order valence-corrected chi connectivity index (χ2v) is 10.1. The molecule has 5 nitrogen and oxygen atoms in total. The van der Waals surface area contributed by atoms with Crippen molar-refractivity contribution in [3.05, 3.63) is 71.8 Å². The molecule has 0 spiro atoms. The molecular formula is C28H38N2O3. The maximum atomic E-state index is 12.8. The molecule has 0 saturated heterocycles. The lowest BCUT2D eigenvalue weighted by Gasteiger charge is -2.23. The fraction of sp³-hybridized carbons (Fsp3) is 0.500. The Kier molecular flexibility index (Phi) is 8.93. The van der Waals surface area contributed by atoms with Crippen molar-refractivity contribution in [3.8, 4) is 0 Å². The first-order chi connectivity index (χ1) is 15.8. The van der Waals surface area contributed by atoms with Crippen LogP contribution in [0.5, 0.6) is 0 Å². The van der Waals surface area contributed by atoms with E-state index in [2.05, 4.69) is 41.0 Å². The third-order valence-electron chi connectivity index (χ3n) is 6.04. The van der Waals surface area contributed by atoms with Gasteiger partial charge in [0.1, 0.15) is 11.6 Å². The lowest BCUT2D eigenvalue weighted by molar-refractivity contribution is -0.123. The van der Waals surface area contributed by atoms with Crippen molar-refractivity contribution < 1.29 is 14.3 Å². The second kappa shape index (κ2) is 11.9. The van der Waals surface area contributed by atoms with E-state index in [0.29, 0.717) is 13.0 Å². The van der Waals surface area contributed by atoms with Gasteiger partial charge < -0.3 is 15.4 Å². The summed E-state index contributed by atoms with van der Waals surface area (Å²) in [7, 11) is 0. The van der Waals surface area contributed by atoms with Crippen molar-refractivity contribution >= 4 is 12.0 Å². The van der Waals surface area contributed by atoms with Crippen LogP contribution in [0.25, 0.3) is 0 Å². The van der Waals surface area contributed by atoms with E-state index in [0.717, 1.165) is 36.7 Å². The zero-order chi connectivity index (χ0) is 23.7. The quantitative estimate of drug-likeness (QED) is 0.416. The summed E-state index contributed by atoms with van der Waals surface area (Å²) in [5.74, 6) is 1.34. The van der Waals surface area contributed by atoms with Gasteiger partial charge in [-0.15, -0.1) is 0 Å². The van der Waals surface area contributed by atoms with Crippen molar-refractivity contribution in [2.24, 2.45) is 5.92 Å². The standard InChI is InChI=1S/C28H38N2O3/c1-28(2,3)33-27(32)30-25(26(31)29-20-21-13-7-4-8-14-21)18-12-6-11-17-23-19-24(23)22-15-9-5-10-16-22/h4-5,7-10,13-16,23-25H,6,11-12,17-20H2,1-3H3,(H,29,31)(H,30,32)/t23?,24?,25-/m0/s1. The molecule has 0 aromatic heterocycles. The number of carbonyl (C=O) groups is 2. The first-order valence-corrected chi connectivity index (χ1v) is 12.2. The maximum absolute atomic E-state index is 12.8. The van der Waals surface area contributed by atoms with Crippen LogP contribution in [0, 0.1) is 5.92 Å². The first kappa shape index (κ1) is 24.8.